The van der Waals surface area contributed by atoms with Gasteiger partial charge in [-0.1, -0.05) is 25.3 Å². The molecule has 0 radical (unpaired) electrons. The Bertz CT molecular complexity index is 966. The smallest absolute Gasteiger partial charge is 0.311 e. The number of H-pyrrole nitrogens is 1. The number of aromatic nitrogens is 2. The Morgan fingerprint density at radius 2 is 2.10 bits per heavy atom. The largest absolute Gasteiger partial charge is 0.490 e. The lowest BCUT2D eigenvalue weighted by atomic mass is 9.88. The van der Waals surface area contributed by atoms with Crippen LogP contribution in [0, 0.1) is 10.1 Å². The van der Waals surface area contributed by atoms with E-state index in [0.717, 1.165) is 48.5 Å². The standard InChI is InChI=1S/C21H26N4O4/c1-29-19-8-7-14(11-18(19)25(27)28)12-24-10-9-17-16(13-24)21(26)23-20(22-17)15-5-3-2-4-6-15/h7-8,11,15H,2-6,9-10,12-13H2,1H3,(H,22,23,26). The Kier molecular flexibility index (Phi) is 5.62. The molecule has 29 heavy (non-hydrogen) atoms. The molecule has 8 nitrogen and oxygen atoms in total. The van der Waals surface area contributed by atoms with Gasteiger partial charge in [0.2, 0.25) is 0 Å². The zero-order chi connectivity index (χ0) is 20.4. The van der Waals surface area contributed by atoms with Crippen molar-refractivity contribution in [1.29, 1.82) is 0 Å². The van der Waals surface area contributed by atoms with Gasteiger partial charge in [0.25, 0.3) is 5.56 Å². The third-order valence-corrected chi connectivity index (χ3v) is 6.00. The Morgan fingerprint density at radius 3 is 2.83 bits per heavy atom. The molecule has 0 saturated heterocycles. The van der Waals surface area contributed by atoms with Crippen molar-refractivity contribution in [3.8, 4) is 5.75 Å². The summed E-state index contributed by atoms with van der Waals surface area (Å²) in [4.78, 5) is 33.5. The van der Waals surface area contributed by atoms with Crippen LogP contribution in [-0.2, 0) is 19.5 Å². The molecule has 0 bridgehead atoms. The second-order valence-electron chi connectivity index (χ2n) is 7.94. The number of nitro benzene ring substituents is 1. The van der Waals surface area contributed by atoms with Gasteiger partial charge < -0.3 is 9.72 Å². The maximum Gasteiger partial charge on any atom is 0.311 e. The molecule has 2 aliphatic rings. The number of methoxy groups -OCH3 is 1. The lowest BCUT2D eigenvalue weighted by molar-refractivity contribution is -0.385. The highest BCUT2D eigenvalue weighted by Gasteiger charge is 2.25. The van der Waals surface area contributed by atoms with Crippen LogP contribution in [0.25, 0.3) is 0 Å². The summed E-state index contributed by atoms with van der Waals surface area (Å²) in [6.45, 7) is 1.81. The molecular formula is C21H26N4O4. The van der Waals surface area contributed by atoms with Gasteiger partial charge in [-0.15, -0.1) is 0 Å². The van der Waals surface area contributed by atoms with Gasteiger partial charge >= 0.3 is 5.69 Å². The minimum atomic E-state index is -0.435. The van der Waals surface area contributed by atoms with Crippen LogP contribution in [0.5, 0.6) is 5.75 Å². The number of nitrogens with zero attached hydrogens (tertiary/aromatic N) is 3. The van der Waals surface area contributed by atoms with Crippen molar-refractivity contribution in [3.63, 3.8) is 0 Å². The highest BCUT2D eigenvalue weighted by atomic mass is 16.6. The van der Waals surface area contributed by atoms with Gasteiger partial charge in [0.05, 0.1) is 23.3 Å². The number of fused-ring (bicyclic) bond motifs is 1. The molecule has 1 aliphatic heterocycles. The molecule has 1 N–H and O–H groups in total. The number of benzene rings is 1. The van der Waals surface area contributed by atoms with E-state index in [1.165, 1.54) is 26.4 Å². The summed E-state index contributed by atoms with van der Waals surface area (Å²) in [6.07, 6.45) is 6.59. The number of aromatic amines is 1. The van der Waals surface area contributed by atoms with Crippen LogP contribution >= 0.6 is 0 Å². The lowest BCUT2D eigenvalue weighted by Gasteiger charge is -2.29. The number of ether oxygens (including phenoxy) is 1. The predicted octanol–water partition coefficient (Wildman–Crippen LogP) is 3.29. The molecular weight excluding hydrogens is 372 g/mol. The fourth-order valence-corrected chi connectivity index (χ4v) is 4.44. The molecule has 0 atom stereocenters. The normalized spacial score (nSPS) is 17.7. The lowest BCUT2D eigenvalue weighted by Crippen LogP contribution is -2.36. The van der Waals surface area contributed by atoms with Gasteiger partial charge in [0.1, 0.15) is 5.82 Å². The second-order valence-corrected chi connectivity index (χ2v) is 7.94. The van der Waals surface area contributed by atoms with E-state index in [1.807, 2.05) is 6.07 Å². The van der Waals surface area contributed by atoms with E-state index in [4.69, 9.17) is 9.72 Å². The van der Waals surface area contributed by atoms with Crippen LogP contribution in [0.4, 0.5) is 5.69 Å². The van der Waals surface area contributed by atoms with Crippen molar-refractivity contribution < 1.29 is 9.66 Å². The van der Waals surface area contributed by atoms with Gasteiger partial charge in [-0.25, -0.2) is 4.98 Å². The molecule has 2 heterocycles. The third kappa shape index (κ3) is 4.17. The zero-order valence-electron chi connectivity index (χ0n) is 16.6. The SMILES string of the molecule is COc1ccc(CN2CCc3nc(C4CCCCC4)[nH]c(=O)c3C2)cc1[N+](=O)[O-]. The van der Waals surface area contributed by atoms with Crippen LogP contribution in [0.15, 0.2) is 23.0 Å². The van der Waals surface area contributed by atoms with E-state index in [9.17, 15) is 14.9 Å². The maximum atomic E-state index is 12.7. The van der Waals surface area contributed by atoms with E-state index in [0.29, 0.717) is 19.0 Å². The number of hydrogen-bond donors (Lipinski definition) is 1. The highest BCUT2D eigenvalue weighted by Crippen LogP contribution is 2.31. The number of rotatable bonds is 5. The number of nitro groups is 1. The zero-order valence-corrected chi connectivity index (χ0v) is 16.6. The first-order valence-electron chi connectivity index (χ1n) is 10.2. The van der Waals surface area contributed by atoms with Crippen molar-refractivity contribution in [1.82, 2.24) is 14.9 Å². The van der Waals surface area contributed by atoms with Crippen LogP contribution in [0.3, 0.4) is 0 Å². The van der Waals surface area contributed by atoms with Crippen molar-refractivity contribution in [2.75, 3.05) is 13.7 Å². The van der Waals surface area contributed by atoms with Crippen LogP contribution in [0.2, 0.25) is 0 Å². The number of hydrogen-bond acceptors (Lipinski definition) is 6. The molecule has 0 spiro atoms. The molecule has 0 amide bonds. The topological polar surface area (TPSA) is 101 Å². The van der Waals surface area contributed by atoms with Gasteiger partial charge in [0.15, 0.2) is 5.75 Å². The first-order chi connectivity index (χ1) is 14.0. The third-order valence-electron chi connectivity index (χ3n) is 6.00. The number of nitrogens with one attached hydrogen (secondary N) is 1. The first kappa shape index (κ1) is 19.6. The maximum absolute atomic E-state index is 12.7. The molecule has 1 saturated carbocycles. The van der Waals surface area contributed by atoms with Gasteiger partial charge in [-0.3, -0.25) is 19.8 Å². The summed E-state index contributed by atoms with van der Waals surface area (Å²) < 4.78 is 5.07. The average Bonchev–Trinajstić information content (AvgIpc) is 2.74. The van der Waals surface area contributed by atoms with Crippen molar-refractivity contribution >= 4 is 5.69 Å². The van der Waals surface area contributed by atoms with E-state index < -0.39 is 4.92 Å². The van der Waals surface area contributed by atoms with Crippen LogP contribution < -0.4 is 10.3 Å². The van der Waals surface area contributed by atoms with Crippen molar-refractivity contribution in [3.05, 3.63) is 61.3 Å². The summed E-state index contributed by atoms with van der Waals surface area (Å²) in [5.41, 5.74) is 2.37. The Morgan fingerprint density at radius 1 is 1.31 bits per heavy atom. The minimum absolute atomic E-state index is 0.0408. The van der Waals surface area contributed by atoms with E-state index in [-0.39, 0.29) is 17.0 Å². The van der Waals surface area contributed by atoms with E-state index >= 15 is 0 Å². The Hall–Kier alpha value is -2.74. The highest BCUT2D eigenvalue weighted by molar-refractivity contribution is 5.48. The fraction of sp³-hybridized carbons (Fsp3) is 0.524. The molecule has 1 aromatic carbocycles. The second kappa shape index (κ2) is 8.32. The summed E-state index contributed by atoms with van der Waals surface area (Å²) in [5.74, 6) is 1.48. The monoisotopic (exact) mass is 398 g/mol. The fourth-order valence-electron chi connectivity index (χ4n) is 4.44. The average molecular weight is 398 g/mol. The predicted molar refractivity (Wildman–Crippen MR) is 108 cm³/mol. The molecule has 1 fully saturated rings. The van der Waals surface area contributed by atoms with Gasteiger partial charge in [-0.05, 0) is 24.5 Å². The Labute approximate surface area is 169 Å². The molecule has 4 rings (SSSR count). The molecule has 154 valence electrons. The van der Waals surface area contributed by atoms with E-state index in [1.54, 1.807) is 12.1 Å². The molecule has 0 unspecified atom stereocenters. The summed E-state index contributed by atoms with van der Waals surface area (Å²) >= 11 is 0. The van der Waals surface area contributed by atoms with Gasteiger partial charge in [-0.2, -0.15) is 0 Å². The van der Waals surface area contributed by atoms with Crippen LogP contribution in [0.1, 0.15) is 60.7 Å². The molecule has 8 heteroatoms. The summed E-state index contributed by atoms with van der Waals surface area (Å²) in [5, 5.41) is 11.3. The Balaban J connectivity index is 1.51. The van der Waals surface area contributed by atoms with Crippen LogP contribution in [-0.4, -0.2) is 33.4 Å². The molecule has 1 aliphatic carbocycles. The summed E-state index contributed by atoms with van der Waals surface area (Å²) in [7, 11) is 1.42. The first-order valence-corrected chi connectivity index (χ1v) is 10.2. The summed E-state index contributed by atoms with van der Waals surface area (Å²) in [6, 6.07) is 5.00. The molecule has 1 aromatic heterocycles. The minimum Gasteiger partial charge on any atom is -0.490 e. The molecule has 2 aromatic rings. The van der Waals surface area contributed by atoms with Gasteiger partial charge in [0, 0.05) is 38.0 Å². The van der Waals surface area contributed by atoms with Crippen molar-refractivity contribution in [2.24, 2.45) is 0 Å². The quantitative estimate of drug-likeness (QED) is 0.613. The van der Waals surface area contributed by atoms with Crippen molar-refractivity contribution in [2.45, 2.75) is 57.5 Å². The van der Waals surface area contributed by atoms with E-state index in [2.05, 4.69) is 9.88 Å².